The van der Waals surface area contributed by atoms with E-state index in [4.69, 9.17) is 14.2 Å². The van der Waals surface area contributed by atoms with Gasteiger partial charge >= 0.3 is 23.9 Å². The lowest BCUT2D eigenvalue weighted by molar-refractivity contribution is 0.0439. The van der Waals surface area contributed by atoms with Crippen LogP contribution in [0.15, 0.2) is 60.7 Å². The molecular weight excluding hydrogens is 468 g/mol. The normalized spacial score (nSPS) is 14.8. The predicted octanol–water partition coefficient (Wildman–Crippen LogP) is 3.58. The fourth-order valence-corrected chi connectivity index (χ4v) is 3.93. The number of esters is 4. The third-order valence-corrected chi connectivity index (χ3v) is 5.82. The molecule has 9 nitrogen and oxygen atoms in total. The Kier molecular flexibility index (Phi) is 5.81. The van der Waals surface area contributed by atoms with Crippen molar-refractivity contribution in [1.82, 2.24) is 0 Å². The van der Waals surface area contributed by atoms with Gasteiger partial charge in [-0.25, -0.2) is 19.2 Å². The summed E-state index contributed by atoms with van der Waals surface area (Å²) in [5.41, 5.74) is 1.75. The highest BCUT2D eigenvalue weighted by Gasteiger charge is 2.30. The second kappa shape index (κ2) is 9.10. The smallest absolute Gasteiger partial charge is 0.346 e. The summed E-state index contributed by atoms with van der Waals surface area (Å²) in [7, 11) is 0. The zero-order valence-corrected chi connectivity index (χ0v) is 18.9. The molecule has 180 valence electrons. The zero-order valence-electron chi connectivity index (χ0n) is 18.9. The number of cyclic esters (lactones) is 3. The van der Waals surface area contributed by atoms with Crippen LogP contribution in [0.3, 0.4) is 0 Å². The highest BCUT2D eigenvalue weighted by atomic mass is 16.6. The monoisotopic (exact) mass is 486 g/mol. The molecule has 0 aromatic heterocycles. The van der Waals surface area contributed by atoms with E-state index in [2.05, 4.69) is 4.74 Å². The van der Waals surface area contributed by atoms with Crippen molar-refractivity contribution in [2.24, 2.45) is 0 Å². The number of Topliss-reactive ketones (excluding diaryl/α,β-unsaturated/α-hetero) is 1. The standard InChI is InChI=1S/C27H18O9/c1-14(23(28)16-3-2-15-10-11-33-25(30)21(15)12-16)34-18-5-7-19(8-6-18)35-24(29)17-4-9-20-22(13-17)27(32)36-26(20)31/h2-9,12-14H,10-11H2,1H3. The quantitative estimate of drug-likeness (QED) is 0.223. The van der Waals surface area contributed by atoms with Crippen LogP contribution in [0.2, 0.25) is 0 Å². The van der Waals surface area contributed by atoms with E-state index in [1.165, 1.54) is 48.5 Å². The van der Waals surface area contributed by atoms with E-state index >= 15 is 0 Å². The molecule has 9 heteroatoms. The molecule has 2 aliphatic heterocycles. The lowest BCUT2D eigenvalue weighted by atomic mass is 9.97. The van der Waals surface area contributed by atoms with Crippen LogP contribution < -0.4 is 9.47 Å². The summed E-state index contributed by atoms with van der Waals surface area (Å²) in [5.74, 6) is -2.48. The maximum absolute atomic E-state index is 12.8. The van der Waals surface area contributed by atoms with Crippen molar-refractivity contribution in [2.75, 3.05) is 6.61 Å². The molecule has 1 atom stereocenters. The molecular formula is C27H18O9. The summed E-state index contributed by atoms with van der Waals surface area (Å²) in [6.45, 7) is 1.92. The van der Waals surface area contributed by atoms with Crippen molar-refractivity contribution < 1.29 is 42.9 Å². The van der Waals surface area contributed by atoms with Gasteiger partial charge in [0.1, 0.15) is 11.5 Å². The number of carbonyl (C=O) groups excluding carboxylic acids is 5. The Morgan fingerprint density at radius 2 is 1.44 bits per heavy atom. The average Bonchev–Trinajstić information content (AvgIpc) is 3.17. The Bertz CT molecular complexity index is 1440. The summed E-state index contributed by atoms with van der Waals surface area (Å²) in [6.07, 6.45) is -0.234. The van der Waals surface area contributed by atoms with Crippen LogP contribution in [-0.4, -0.2) is 42.4 Å². The van der Waals surface area contributed by atoms with Crippen molar-refractivity contribution in [3.8, 4) is 11.5 Å². The van der Waals surface area contributed by atoms with E-state index in [9.17, 15) is 24.0 Å². The first-order valence-corrected chi connectivity index (χ1v) is 11.0. The van der Waals surface area contributed by atoms with Gasteiger partial charge in [0, 0.05) is 12.0 Å². The number of fused-ring (bicyclic) bond motifs is 2. The Morgan fingerprint density at radius 3 is 2.22 bits per heavy atom. The van der Waals surface area contributed by atoms with Gasteiger partial charge in [0.2, 0.25) is 5.78 Å². The van der Waals surface area contributed by atoms with Gasteiger partial charge in [-0.2, -0.15) is 0 Å². The largest absolute Gasteiger partial charge is 0.483 e. The van der Waals surface area contributed by atoms with Gasteiger partial charge in [-0.1, -0.05) is 12.1 Å². The fourth-order valence-electron chi connectivity index (χ4n) is 3.93. The Balaban J connectivity index is 1.23. The topological polar surface area (TPSA) is 122 Å². The van der Waals surface area contributed by atoms with Crippen LogP contribution in [0.5, 0.6) is 11.5 Å². The number of ketones is 1. The highest BCUT2D eigenvalue weighted by Crippen LogP contribution is 2.25. The van der Waals surface area contributed by atoms with E-state index in [0.29, 0.717) is 29.9 Å². The molecule has 0 bridgehead atoms. The van der Waals surface area contributed by atoms with Gasteiger partial charge in [0.15, 0.2) is 6.10 Å². The first-order valence-electron chi connectivity index (χ1n) is 11.0. The SMILES string of the molecule is CC(Oc1ccc(OC(=O)c2ccc3c(c2)C(=O)OC3=O)cc1)C(=O)c1ccc2c(c1)C(=O)OCC2. The van der Waals surface area contributed by atoms with Crippen molar-refractivity contribution >= 4 is 29.7 Å². The number of benzene rings is 3. The van der Waals surface area contributed by atoms with E-state index in [1.807, 2.05) is 0 Å². The van der Waals surface area contributed by atoms with Gasteiger partial charge in [0.25, 0.3) is 0 Å². The van der Waals surface area contributed by atoms with Crippen molar-refractivity contribution in [3.63, 3.8) is 0 Å². The molecule has 3 aromatic carbocycles. The van der Waals surface area contributed by atoms with Gasteiger partial charge in [-0.05, 0) is 61.0 Å². The molecule has 0 saturated heterocycles. The molecule has 1 unspecified atom stereocenters. The molecule has 2 heterocycles. The van der Waals surface area contributed by atoms with Crippen LogP contribution in [0.4, 0.5) is 0 Å². The Labute approximate surface area is 204 Å². The minimum absolute atomic E-state index is 0.00710. The third kappa shape index (κ3) is 4.34. The summed E-state index contributed by atoms with van der Waals surface area (Å²) in [5, 5.41) is 0. The second-order valence-corrected chi connectivity index (χ2v) is 8.18. The van der Waals surface area contributed by atoms with Crippen LogP contribution in [0.1, 0.15) is 64.3 Å². The molecule has 0 radical (unpaired) electrons. The molecule has 0 aliphatic carbocycles. The maximum atomic E-state index is 12.8. The van der Waals surface area contributed by atoms with Crippen molar-refractivity contribution in [2.45, 2.75) is 19.4 Å². The summed E-state index contributed by atoms with van der Waals surface area (Å²) < 4.78 is 20.6. The first kappa shape index (κ1) is 23.0. The summed E-state index contributed by atoms with van der Waals surface area (Å²) >= 11 is 0. The van der Waals surface area contributed by atoms with Gasteiger partial charge in [-0.15, -0.1) is 0 Å². The first-order chi connectivity index (χ1) is 17.3. The Morgan fingerprint density at radius 1 is 0.778 bits per heavy atom. The highest BCUT2D eigenvalue weighted by molar-refractivity contribution is 6.15. The number of hydrogen-bond donors (Lipinski definition) is 0. The predicted molar refractivity (Wildman–Crippen MR) is 122 cm³/mol. The second-order valence-electron chi connectivity index (χ2n) is 8.18. The fraction of sp³-hybridized carbons (Fsp3) is 0.148. The summed E-state index contributed by atoms with van der Waals surface area (Å²) in [4.78, 5) is 60.5. The van der Waals surface area contributed by atoms with Crippen LogP contribution in [0.25, 0.3) is 0 Å². The van der Waals surface area contributed by atoms with Gasteiger partial charge in [-0.3, -0.25) is 4.79 Å². The minimum Gasteiger partial charge on any atom is -0.483 e. The lowest BCUT2D eigenvalue weighted by Crippen LogP contribution is -2.25. The molecule has 0 spiro atoms. The minimum atomic E-state index is -0.843. The molecule has 2 aliphatic rings. The van der Waals surface area contributed by atoms with Crippen LogP contribution >= 0.6 is 0 Å². The average molecular weight is 486 g/mol. The van der Waals surface area contributed by atoms with Crippen LogP contribution in [0, 0.1) is 0 Å². The number of rotatable bonds is 6. The number of ether oxygens (including phenoxy) is 4. The van der Waals surface area contributed by atoms with Crippen molar-refractivity contribution in [1.29, 1.82) is 0 Å². The van der Waals surface area contributed by atoms with E-state index < -0.39 is 30.0 Å². The number of carbonyl (C=O) groups is 5. The molecule has 0 saturated carbocycles. The third-order valence-electron chi connectivity index (χ3n) is 5.82. The molecule has 3 aromatic rings. The molecule has 0 amide bonds. The van der Waals surface area contributed by atoms with Crippen LogP contribution in [-0.2, 0) is 15.9 Å². The summed E-state index contributed by atoms with van der Waals surface area (Å²) in [6, 6.07) is 14.9. The van der Waals surface area contributed by atoms with Gasteiger partial charge in [0.05, 0.1) is 28.9 Å². The zero-order chi connectivity index (χ0) is 25.4. The molecule has 0 fully saturated rings. The molecule has 5 rings (SSSR count). The maximum Gasteiger partial charge on any atom is 0.346 e. The van der Waals surface area contributed by atoms with E-state index in [-0.39, 0.29) is 28.2 Å². The molecule has 36 heavy (non-hydrogen) atoms. The van der Waals surface area contributed by atoms with Crippen molar-refractivity contribution in [3.05, 3.63) is 94.0 Å². The van der Waals surface area contributed by atoms with E-state index in [0.717, 1.165) is 5.56 Å². The number of hydrogen-bond acceptors (Lipinski definition) is 9. The molecule has 0 N–H and O–H groups in total. The lowest BCUT2D eigenvalue weighted by Gasteiger charge is -2.18. The van der Waals surface area contributed by atoms with E-state index in [1.54, 1.807) is 19.1 Å². The van der Waals surface area contributed by atoms with Gasteiger partial charge < -0.3 is 18.9 Å². The Hall–Kier alpha value is -4.79.